The molecule has 0 radical (unpaired) electrons. The number of alkyl halides is 3. The van der Waals surface area contributed by atoms with E-state index in [0.29, 0.717) is 21.9 Å². The fourth-order valence-corrected chi connectivity index (χ4v) is 5.48. The van der Waals surface area contributed by atoms with E-state index in [-0.39, 0.29) is 17.7 Å². The topological polar surface area (TPSA) is 110 Å². The van der Waals surface area contributed by atoms with E-state index in [4.69, 9.17) is 4.74 Å². The molecule has 40 heavy (non-hydrogen) atoms. The number of benzene rings is 1. The summed E-state index contributed by atoms with van der Waals surface area (Å²) in [6.45, 7) is -2.48. The van der Waals surface area contributed by atoms with Crippen molar-refractivity contribution < 1.29 is 36.7 Å². The number of pyridine rings is 1. The van der Waals surface area contributed by atoms with Crippen LogP contribution in [0.3, 0.4) is 0 Å². The number of nitrogens with one attached hydrogen (secondary N) is 1. The van der Waals surface area contributed by atoms with Crippen molar-refractivity contribution >= 4 is 17.8 Å². The van der Waals surface area contributed by atoms with Crippen LogP contribution >= 0.6 is 0 Å². The van der Waals surface area contributed by atoms with Crippen LogP contribution in [0.25, 0.3) is 11.1 Å². The van der Waals surface area contributed by atoms with Gasteiger partial charge < -0.3 is 15.0 Å². The molecule has 1 N–H and O–H groups in total. The lowest BCUT2D eigenvalue weighted by atomic mass is 9.96. The summed E-state index contributed by atoms with van der Waals surface area (Å²) in [5.41, 5.74) is 1.15. The van der Waals surface area contributed by atoms with Crippen LogP contribution in [0, 0.1) is 5.82 Å². The maximum absolute atomic E-state index is 13.9. The number of carbonyl (C=O) groups excluding carboxylic acids is 3. The zero-order valence-corrected chi connectivity index (χ0v) is 21.0. The minimum absolute atomic E-state index is 0.0131. The summed E-state index contributed by atoms with van der Waals surface area (Å²) < 4.78 is 62.5. The van der Waals surface area contributed by atoms with Crippen molar-refractivity contribution in [1.29, 1.82) is 0 Å². The molecule has 1 fully saturated rings. The number of halogens is 4. The first kappa shape index (κ1) is 25.8. The number of hydrogen-bond acceptors (Lipinski definition) is 6. The third kappa shape index (κ3) is 4.14. The molecular formula is C26H22F4N6O4. The first-order valence-corrected chi connectivity index (χ1v) is 12.4. The van der Waals surface area contributed by atoms with Gasteiger partial charge in [-0.3, -0.25) is 24.2 Å². The predicted molar refractivity (Wildman–Crippen MR) is 129 cm³/mol. The number of ether oxygens (including phenoxy) is 1. The minimum Gasteiger partial charge on any atom is -0.491 e. The van der Waals surface area contributed by atoms with Gasteiger partial charge in [0.05, 0.1) is 18.4 Å². The average molecular weight is 558 g/mol. The van der Waals surface area contributed by atoms with Gasteiger partial charge in [-0.25, -0.2) is 9.18 Å². The monoisotopic (exact) mass is 558 g/mol. The summed E-state index contributed by atoms with van der Waals surface area (Å²) in [5.74, 6) is -2.61. The standard InChI is InChI=1S/C26H22F4N6O4/c1-34-10-17(9-32-34)15-6-14-4-5-25(22(14)31-8-15)23(38)36(24(39)33-25)12-21(37)35-11-16-7-18(27)2-3-19(16)40-13-20(35)26(28,29)30/h2-3,6-10,20H,4-5,11-13H2,1H3,(H,33,39)/t20-,25?/m0/s1. The van der Waals surface area contributed by atoms with Gasteiger partial charge in [-0.1, -0.05) is 0 Å². The molecule has 1 unspecified atom stereocenters. The molecule has 3 aromatic rings. The molecule has 10 nitrogen and oxygen atoms in total. The molecule has 0 saturated carbocycles. The van der Waals surface area contributed by atoms with E-state index in [9.17, 15) is 31.9 Å². The molecule has 1 aliphatic carbocycles. The Balaban J connectivity index is 1.26. The van der Waals surface area contributed by atoms with Gasteiger partial charge in [0.1, 0.15) is 24.7 Å². The quantitative estimate of drug-likeness (QED) is 0.391. The molecule has 2 atom stereocenters. The highest BCUT2D eigenvalue weighted by Gasteiger charge is 2.57. The van der Waals surface area contributed by atoms with E-state index in [0.717, 1.165) is 28.8 Å². The van der Waals surface area contributed by atoms with Crippen molar-refractivity contribution in [2.24, 2.45) is 7.05 Å². The highest BCUT2D eigenvalue weighted by Crippen LogP contribution is 2.41. The molecule has 0 bridgehead atoms. The fraction of sp³-hybridized carbons (Fsp3) is 0.346. The molecule has 14 heteroatoms. The number of carbonyl (C=O) groups is 3. The molecule has 1 aromatic carbocycles. The lowest BCUT2D eigenvalue weighted by Crippen LogP contribution is -2.53. The van der Waals surface area contributed by atoms with Crippen LogP contribution in [-0.4, -0.2) is 67.8 Å². The van der Waals surface area contributed by atoms with E-state index < -0.39 is 61.1 Å². The Bertz CT molecular complexity index is 1560. The van der Waals surface area contributed by atoms with E-state index in [1.165, 1.54) is 6.07 Å². The van der Waals surface area contributed by atoms with Crippen LogP contribution in [0.5, 0.6) is 5.75 Å². The molecule has 4 heterocycles. The molecule has 1 saturated heterocycles. The number of hydrogen-bond donors (Lipinski definition) is 1. The molecule has 4 amide bonds. The summed E-state index contributed by atoms with van der Waals surface area (Å²) in [5, 5.41) is 6.76. The van der Waals surface area contributed by atoms with Crippen molar-refractivity contribution in [2.75, 3.05) is 13.2 Å². The Morgan fingerprint density at radius 3 is 2.70 bits per heavy atom. The normalized spacial score (nSPS) is 22.2. The smallest absolute Gasteiger partial charge is 0.412 e. The van der Waals surface area contributed by atoms with E-state index in [1.54, 1.807) is 30.3 Å². The van der Waals surface area contributed by atoms with Gasteiger partial charge in [0.15, 0.2) is 11.6 Å². The Kier molecular flexibility index (Phi) is 5.82. The van der Waals surface area contributed by atoms with Crippen LogP contribution in [0.1, 0.15) is 23.2 Å². The molecule has 1 spiro atoms. The summed E-state index contributed by atoms with van der Waals surface area (Å²) in [7, 11) is 1.77. The lowest BCUT2D eigenvalue weighted by Gasteiger charge is -2.31. The summed E-state index contributed by atoms with van der Waals surface area (Å²) in [6.07, 6.45) is 0.729. The lowest BCUT2D eigenvalue weighted by molar-refractivity contribution is -0.195. The van der Waals surface area contributed by atoms with Crippen LogP contribution < -0.4 is 10.1 Å². The van der Waals surface area contributed by atoms with Gasteiger partial charge in [-0.2, -0.15) is 18.3 Å². The van der Waals surface area contributed by atoms with E-state index in [1.807, 2.05) is 6.07 Å². The Morgan fingerprint density at radius 2 is 1.98 bits per heavy atom. The van der Waals surface area contributed by atoms with Crippen molar-refractivity contribution in [1.82, 2.24) is 29.9 Å². The van der Waals surface area contributed by atoms with Crippen molar-refractivity contribution in [2.45, 2.75) is 37.1 Å². The highest BCUT2D eigenvalue weighted by atomic mass is 19.4. The number of rotatable bonds is 3. The zero-order chi connectivity index (χ0) is 28.4. The fourth-order valence-electron chi connectivity index (χ4n) is 5.48. The first-order chi connectivity index (χ1) is 19.0. The number of fused-ring (bicyclic) bond motifs is 3. The maximum Gasteiger partial charge on any atom is 0.412 e. The Labute approximate surface area is 224 Å². The van der Waals surface area contributed by atoms with Crippen LogP contribution in [0.4, 0.5) is 22.4 Å². The Hall–Kier alpha value is -4.49. The van der Waals surface area contributed by atoms with Crippen molar-refractivity contribution in [3.8, 4) is 16.9 Å². The predicted octanol–water partition coefficient (Wildman–Crippen LogP) is 2.67. The highest BCUT2D eigenvalue weighted by molar-refractivity contribution is 6.09. The van der Waals surface area contributed by atoms with Gasteiger partial charge in [0.2, 0.25) is 5.91 Å². The summed E-state index contributed by atoms with van der Waals surface area (Å²) in [6, 6.07) is 1.78. The molecule has 208 valence electrons. The number of aromatic nitrogens is 3. The number of imide groups is 1. The zero-order valence-electron chi connectivity index (χ0n) is 21.0. The van der Waals surface area contributed by atoms with Crippen LogP contribution in [0.2, 0.25) is 0 Å². The summed E-state index contributed by atoms with van der Waals surface area (Å²) in [4.78, 5) is 45.4. The maximum atomic E-state index is 13.9. The second-order valence-electron chi connectivity index (χ2n) is 10.0. The third-order valence-corrected chi connectivity index (χ3v) is 7.48. The number of aryl methyl sites for hydroxylation is 2. The van der Waals surface area contributed by atoms with Gasteiger partial charge in [0, 0.05) is 36.1 Å². The van der Waals surface area contributed by atoms with Gasteiger partial charge in [-0.15, -0.1) is 0 Å². The van der Waals surface area contributed by atoms with E-state index >= 15 is 0 Å². The number of nitrogens with zero attached hydrogens (tertiary/aromatic N) is 5. The van der Waals surface area contributed by atoms with Crippen LogP contribution in [-0.2, 0) is 35.1 Å². The Morgan fingerprint density at radius 1 is 1.18 bits per heavy atom. The minimum atomic E-state index is -4.88. The second-order valence-corrected chi connectivity index (χ2v) is 10.0. The average Bonchev–Trinajstić information content (AvgIpc) is 3.51. The molecular weight excluding hydrogens is 536 g/mol. The van der Waals surface area contributed by atoms with E-state index in [2.05, 4.69) is 15.4 Å². The molecule has 2 aliphatic heterocycles. The van der Waals surface area contributed by atoms with Crippen molar-refractivity contribution in [3.05, 3.63) is 65.5 Å². The van der Waals surface area contributed by atoms with Gasteiger partial charge >= 0.3 is 12.2 Å². The molecule has 6 rings (SSSR count). The third-order valence-electron chi connectivity index (χ3n) is 7.48. The van der Waals surface area contributed by atoms with Gasteiger partial charge in [0.25, 0.3) is 5.91 Å². The summed E-state index contributed by atoms with van der Waals surface area (Å²) >= 11 is 0. The second kappa shape index (κ2) is 9.03. The largest absolute Gasteiger partial charge is 0.491 e. The SMILES string of the molecule is Cn1cc(-c2cnc3c(c2)CCC32NC(=O)N(CC(=O)N3Cc4cc(F)ccc4OC[C@H]3C(F)(F)F)C2=O)cn1. The molecule has 2 aromatic heterocycles. The molecule has 3 aliphatic rings. The van der Waals surface area contributed by atoms with Gasteiger partial charge in [-0.05, 0) is 42.7 Å². The number of urea groups is 1. The number of amides is 4. The first-order valence-electron chi connectivity index (χ1n) is 12.4. The van der Waals surface area contributed by atoms with Crippen LogP contribution in [0.15, 0.2) is 42.9 Å². The van der Waals surface area contributed by atoms with Crippen molar-refractivity contribution in [3.63, 3.8) is 0 Å².